The lowest BCUT2D eigenvalue weighted by atomic mass is 10.4. The van der Waals surface area contributed by atoms with Gasteiger partial charge in [-0.3, -0.25) is 0 Å². The van der Waals surface area contributed by atoms with Gasteiger partial charge in [-0.2, -0.15) is 0 Å². The second-order valence-electron chi connectivity index (χ2n) is 1.49. The molecule has 0 aliphatic rings. The first-order valence-corrected chi connectivity index (χ1v) is 3.32. The zero-order chi connectivity index (χ0) is 8.32. The largest absolute Gasteiger partial charge is 0.239 e. The van der Waals surface area contributed by atoms with Gasteiger partial charge in [-0.1, -0.05) is 30.0 Å². The van der Waals surface area contributed by atoms with Crippen molar-refractivity contribution in [2.45, 2.75) is 4.90 Å². The van der Waals surface area contributed by atoms with Gasteiger partial charge < -0.3 is 0 Å². The van der Waals surface area contributed by atoms with E-state index in [1.54, 1.807) is 30.3 Å². The molecule has 0 spiro atoms. The van der Waals surface area contributed by atoms with Crippen LogP contribution in [0.3, 0.4) is 0 Å². The number of alkyl halides is 1. The van der Waals surface area contributed by atoms with Crippen LogP contribution < -0.4 is 0 Å². The van der Waals surface area contributed by atoms with Crippen LogP contribution in [0.15, 0.2) is 35.2 Å². The summed E-state index contributed by atoms with van der Waals surface area (Å²) in [5.41, 5.74) is 0. The highest BCUT2D eigenvalue weighted by molar-refractivity contribution is 7.99. The van der Waals surface area contributed by atoms with Gasteiger partial charge in [-0.15, -0.1) is 0 Å². The van der Waals surface area contributed by atoms with Gasteiger partial charge in [-0.05, 0) is 12.1 Å². The van der Waals surface area contributed by atoms with Gasteiger partial charge in [0, 0.05) is 4.90 Å². The highest BCUT2D eigenvalue weighted by Gasteiger charge is 1.86. The quantitative estimate of drug-likeness (QED) is 0.575. The Morgan fingerprint density at radius 1 is 1.44 bits per heavy atom. The molecular weight excluding hydrogens is 135 g/mol. The zero-order valence-corrected chi connectivity index (χ0v) is 5.49. The van der Waals surface area contributed by atoms with Crippen molar-refractivity contribution in [2.75, 3.05) is 5.96 Å². The highest BCUT2D eigenvalue weighted by atomic mass is 32.2. The van der Waals surface area contributed by atoms with Crippen LogP contribution in [0.4, 0.5) is 4.39 Å². The third-order valence-corrected chi connectivity index (χ3v) is 1.48. The number of halogens is 1. The van der Waals surface area contributed by atoms with Gasteiger partial charge in [0.05, 0.1) is 2.74 Å². The number of hydrogen-bond acceptors (Lipinski definition) is 1. The van der Waals surface area contributed by atoms with E-state index in [4.69, 9.17) is 2.74 Å². The molecular formula is C7H7FS. The molecule has 0 unspecified atom stereocenters. The number of rotatable bonds is 2. The van der Waals surface area contributed by atoms with Gasteiger partial charge in [0.15, 0.2) is 0 Å². The molecule has 0 fully saturated rings. The Morgan fingerprint density at radius 3 is 2.67 bits per heavy atom. The summed E-state index contributed by atoms with van der Waals surface area (Å²) in [5.74, 6) is -2.68. The van der Waals surface area contributed by atoms with E-state index in [0.717, 1.165) is 0 Å². The van der Waals surface area contributed by atoms with E-state index in [1.807, 2.05) is 0 Å². The van der Waals surface area contributed by atoms with E-state index < -0.39 is 5.96 Å². The molecule has 1 aromatic rings. The van der Waals surface area contributed by atoms with Gasteiger partial charge >= 0.3 is 0 Å². The minimum atomic E-state index is -2.68. The summed E-state index contributed by atoms with van der Waals surface area (Å²) < 4.78 is 25.6. The maximum Gasteiger partial charge on any atom is 0.139 e. The Labute approximate surface area is 60.9 Å². The molecule has 0 saturated carbocycles. The van der Waals surface area contributed by atoms with E-state index in [0.29, 0.717) is 16.7 Å². The maximum absolute atomic E-state index is 12.4. The van der Waals surface area contributed by atoms with Gasteiger partial charge in [0.2, 0.25) is 0 Å². The molecule has 9 heavy (non-hydrogen) atoms. The molecule has 0 nitrogen and oxygen atoms in total. The molecule has 48 valence electrons. The second kappa shape index (κ2) is 3.51. The first kappa shape index (κ1) is 4.34. The summed E-state index contributed by atoms with van der Waals surface area (Å²) in [5, 5.41) is 0. The van der Waals surface area contributed by atoms with Crippen molar-refractivity contribution in [2.24, 2.45) is 0 Å². The predicted molar refractivity (Wildman–Crippen MR) is 38.3 cm³/mol. The van der Waals surface area contributed by atoms with Crippen LogP contribution in [0.1, 0.15) is 2.74 Å². The zero-order valence-electron chi connectivity index (χ0n) is 6.67. The fraction of sp³-hybridized carbons (Fsp3) is 0.143. The molecule has 0 aliphatic carbocycles. The SMILES string of the molecule is [2H]C([2H])(F)Sc1ccccc1. The van der Waals surface area contributed by atoms with E-state index in [1.165, 1.54) is 0 Å². The van der Waals surface area contributed by atoms with Crippen molar-refractivity contribution in [3.05, 3.63) is 30.3 Å². The molecule has 0 bridgehead atoms. The summed E-state index contributed by atoms with van der Waals surface area (Å²) in [7, 11) is 0. The Morgan fingerprint density at radius 2 is 2.11 bits per heavy atom. The van der Waals surface area contributed by atoms with Crippen LogP contribution in [0.5, 0.6) is 0 Å². The Balaban J connectivity index is 2.66. The molecule has 0 amide bonds. The lowest BCUT2D eigenvalue weighted by Crippen LogP contribution is -1.67. The van der Waals surface area contributed by atoms with Crippen molar-refractivity contribution in [1.82, 2.24) is 0 Å². The van der Waals surface area contributed by atoms with Crippen LogP contribution in [-0.2, 0) is 0 Å². The third-order valence-electron chi connectivity index (χ3n) is 0.900. The summed E-state index contributed by atoms with van der Waals surface area (Å²) >= 11 is 0.567. The van der Waals surface area contributed by atoms with Crippen LogP contribution in [0.2, 0.25) is 0 Å². The first-order valence-electron chi connectivity index (χ1n) is 3.51. The fourth-order valence-corrected chi connectivity index (χ4v) is 0.915. The summed E-state index contributed by atoms with van der Waals surface area (Å²) in [6.45, 7) is 0. The minimum absolute atomic E-state index is 0.567. The summed E-state index contributed by atoms with van der Waals surface area (Å²) in [6, 6.07) is 8.63. The first-order chi connectivity index (χ1) is 5.08. The van der Waals surface area contributed by atoms with Gasteiger partial charge in [-0.25, -0.2) is 4.39 Å². The summed E-state index contributed by atoms with van der Waals surface area (Å²) in [6.07, 6.45) is 0. The number of benzene rings is 1. The molecule has 0 radical (unpaired) electrons. The van der Waals surface area contributed by atoms with Crippen molar-refractivity contribution >= 4 is 11.8 Å². The Bertz CT molecular complexity index is 220. The second-order valence-corrected chi connectivity index (χ2v) is 2.32. The normalized spacial score (nSPS) is 14.3. The van der Waals surface area contributed by atoms with Crippen molar-refractivity contribution in [3.8, 4) is 0 Å². The molecule has 1 rings (SSSR count). The maximum atomic E-state index is 12.4. The Hall–Kier alpha value is -0.500. The van der Waals surface area contributed by atoms with Crippen LogP contribution in [0.25, 0.3) is 0 Å². The van der Waals surface area contributed by atoms with Crippen molar-refractivity contribution in [1.29, 1.82) is 0 Å². The molecule has 0 N–H and O–H groups in total. The van der Waals surface area contributed by atoms with Crippen LogP contribution in [-0.4, -0.2) is 5.96 Å². The average molecular weight is 144 g/mol. The number of thioether (sulfide) groups is 1. The smallest absolute Gasteiger partial charge is 0.139 e. The highest BCUT2D eigenvalue weighted by Crippen LogP contribution is 2.15. The molecule has 1 aromatic carbocycles. The fourth-order valence-electron chi connectivity index (χ4n) is 0.533. The molecule has 0 heterocycles. The van der Waals surface area contributed by atoms with Gasteiger partial charge in [0.1, 0.15) is 5.96 Å². The molecule has 0 saturated heterocycles. The van der Waals surface area contributed by atoms with Crippen LogP contribution in [0, 0.1) is 0 Å². The summed E-state index contributed by atoms with van der Waals surface area (Å²) in [4.78, 5) is 0.597. The minimum Gasteiger partial charge on any atom is -0.239 e. The lowest BCUT2D eigenvalue weighted by molar-refractivity contribution is 0.605. The third kappa shape index (κ3) is 2.06. The predicted octanol–water partition coefficient (Wildman–Crippen LogP) is 2.71. The average Bonchev–Trinajstić information content (AvgIpc) is 1.85. The molecule has 2 heteroatoms. The Kier molecular flexibility index (Phi) is 1.69. The van der Waals surface area contributed by atoms with E-state index in [-0.39, 0.29) is 0 Å². The standard InChI is InChI=1S/C7H7FS/c8-6-9-7-4-2-1-3-5-7/h1-5H,6H2/i6D2. The topological polar surface area (TPSA) is 0 Å². The van der Waals surface area contributed by atoms with E-state index >= 15 is 0 Å². The van der Waals surface area contributed by atoms with Crippen molar-refractivity contribution in [3.63, 3.8) is 0 Å². The monoisotopic (exact) mass is 144 g/mol. The molecule has 0 aliphatic heterocycles. The van der Waals surface area contributed by atoms with E-state index in [2.05, 4.69) is 0 Å². The van der Waals surface area contributed by atoms with Crippen molar-refractivity contribution < 1.29 is 7.13 Å². The molecule has 0 aromatic heterocycles. The lowest BCUT2D eigenvalue weighted by Gasteiger charge is -1.91. The number of hydrogen-bond donors (Lipinski definition) is 0. The molecule has 0 atom stereocenters. The van der Waals surface area contributed by atoms with E-state index in [9.17, 15) is 4.39 Å². The van der Waals surface area contributed by atoms with Crippen LogP contribution >= 0.6 is 11.8 Å². The van der Waals surface area contributed by atoms with Gasteiger partial charge in [0.25, 0.3) is 0 Å².